The summed E-state index contributed by atoms with van der Waals surface area (Å²) in [6.07, 6.45) is 4.54. The topological polar surface area (TPSA) is 82.9 Å². The minimum atomic E-state index is -0.779. The Balaban J connectivity index is 1.33. The van der Waals surface area contributed by atoms with E-state index in [2.05, 4.69) is 9.88 Å². The molecule has 0 bridgehead atoms. The number of aromatic nitrogens is 1. The lowest BCUT2D eigenvalue weighted by Crippen LogP contribution is -2.44. The van der Waals surface area contributed by atoms with Gasteiger partial charge < -0.3 is 19.8 Å². The van der Waals surface area contributed by atoms with Gasteiger partial charge in [0.05, 0.1) is 24.6 Å². The number of hydrogen-bond donors (Lipinski definition) is 2. The third-order valence-electron chi connectivity index (χ3n) is 7.14. The molecular formula is C28H33FN2O4. The Labute approximate surface area is 205 Å². The zero-order valence-corrected chi connectivity index (χ0v) is 20.1. The van der Waals surface area contributed by atoms with Crippen molar-refractivity contribution in [3.63, 3.8) is 0 Å². The Morgan fingerprint density at radius 1 is 1.26 bits per heavy atom. The van der Waals surface area contributed by atoms with E-state index < -0.39 is 18.0 Å². The minimum absolute atomic E-state index is 0.0178. The number of carboxylic acid groups (broad SMARTS) is 1. The van der Waals surface area contributed by atoms with Gasteiger partial charge in [0.1, 0.15) is 11.6 Å². The van der Waals surface area contributed by atoms with Crippen molar-refractivity contribution in [2.75, 3.05) is 26.7 Å². The molecule has 1 aliphatic heterocycles. The number of likely N-dealkylation sites (tertiary alicyclic amines) is 1. The van der Waals surface area contributed by atoms with Crippen molar-refractivity contribution in [3.8, 4) is 5.75 Å². The van der Waals surface area contributed by atoms with E-state index in [0.29, 0.717) is 25.1 Å². The Morgan fingerprint density at radius 3 is 2.89 bits per heavy atom. The van der Waals surface area contributed by atoms with E-state index in [-0.39, 0.29) is 11.7 Å². The number of aliphatic hydroxyl groups is 1. The highest BCUT2D eigenvalue weighted by Crippen LogP contribution is 2.33. The predicted octanol–water partition coefficient (Wildman–Crippen LogP) is 4.85. The number of piperidine rings is 1. The molecule has 35 heavy (non-hydrogen) atoms. The van der Waals surface area contributed by atoms with Gasteiger partial charge in [-0.25, -0.2) is 4.39 Å². The van der Waals surface area contributed by atoms with Crippen LogP contribution in [-0.2, 0) is 11.2 Å². The van der Waals surface area contributed by atoms with Gasteiger partial charge in [0, 0.05) is 18.1 Å². The maximum atomic E-state index is 13.4. The van der Waals surface area contributed by atoms with Crippen LogP contribution in [0.5, 0.6) is 5.75 Å². The number of carboxylic acids is 1. The Hall–Kier alpha value is -3.03. The predicted molar refractivity (Wildman–Crippen MR) is 133 cm³/mol. The maximum absolute atomic E-state index is 13.4. The largest absolute Gasteiger partial charge is 0.497 e. The summed E-state index contributed by atoms with van der Waals surface area (Å²) in [7, 11) is 1.60. The molecule has 2 aromatic carbocycles. The van der Waals surface area contributed by atoms with Gasteiger partial charge in [0.25, 0.3) is 0 Å². The Kier molecular flexibility index (Phi) is 8.31. The van der Waals surface area contributed by atoms with E-state index in [4.69, 9.17) is 4.74 Å². The van der Waals surface area contributed by atoms with Crippen LogP contribution in [0.4, 0.5) is 4.39 Å². The number of aliphatic hydroxyl groups excluding tert-OH is 1. The molecule has 186 valence electrons. The van der Waals surface area contributed by atoms with Gasteiger partial charge in [-0.05, 0) is 98.6 Å². The summed E-state index contributed by atoms with van der Waals surface area (Å²) in [5.41, 5.74) is 2.54. The van der Waals surface area contributed by atoms with Crippen molar-refractivity contribution in [2.45, 2.75) is 38.2 Å². The summed E-state index contributed by atoms with van der Waals surface area (Å²) in [5.74, 6) is -0.743. The van der Waals surface area contributed by atoms with Crippen LogP contribution >= 0.6 is 0 Å². The fraction of sp³-hybridized carbons (Fsp3) is 0.429. The summed E-state index contributed by atoms with van der Waals surface area (Å²) in [5, 5.41) is 21.7. The van der Waals surface area contributed by atoms with Crippen molar-refractivity contribution in [2.24, 2.45) is 11.8 Å². The lowest BCUT2D eigenvalue weighted by molar-refractivity contribution is -0.146. The lowest BCUT2D eigenvalue weighted by Gasteiger charge is -2.37. The van der Waals surface area contributed by atoms with Gasteiger partial charge in [-0.3, -0.25) is 9.78 Å². The number of aryl methyl sites for hydroxylation is 1. The smallest absolute Gasteiger partial charge is 0.308 e. The summed E-state index contributed by atoms with van der Waals surface area (Å²) < 4.78 is 18.7. The Bertz CT molecular complexity index is 1150. The number of nitrogens with zero attached hydrogens (tertiary/aromatic N) is 2. The third-order valence-corrected chi connectivity index (χ3v) is 7.14. The molecule has 2 heterocycles. The second kappa shape index (κ2) is 11.6. The molecule has 1 saturated heterocycles. The van der Waals surface area contributed by atoms with E-state index >= 15 is 0 Å². The van der Waals surface area contributed by atoms with E-state index in [9.17, 15) is 19.4 Å². The van der Waals surface area contributed by atoms with E-state index in [0.717, 1.165) is 54.4 Å². The zero-order chi connectivity index (χ0) is 24.8. The first-order valence-electron chi connectivity index (χ1n) is 12.2. The second-order valence-corrected chi connectivity index (χ2v) is 9.40. The van der Waals surface area contributed by atoms with Gasteiger partial charge in [0.2, 0.25) is 0 Å². The van der Waals surface area contributed by atoms with Gasteiger partial charge >= 0.3 is 5.97 Å². The van der Waals surface area contributed by atoms with Crippen LogP contribution in [0.3, 0.4) is 0 Å². The Morgan fingerprint density at radius 2 is 2.11 bits per heavy atom. The molecule has 0 radical (unpaired) electrons. The van der Waals surface area contributed by atoms with Gasteiger partial charge in [-0.2, -0.15) is 0 Å². The average molecular weight is 481 g/mol. The molecule has 0 amide bonds. The standard InChI is InChI=1S/C28H33FN2O4/c1-35-22-8-9-26-24(17-22)23(11-13-30-26)27(32)10-7-20-12-15-31(18-25(20)28(33)34)14-3-5-19-4-2-6-21(29)16-19/h2,4,6,8-9,11,13,16-17,20,25,27,32H,3,5,7,10,12,14-15,18H2,1H3,(H,33,34)/t20-,25+,27-/m1/s1. The molecular weight excluding hydrogens is 447 g/mol. The molecule has 1 aromatic heterocycles. The lowest BCUT2D eigenvalue weighted by atomic mass is 9.81. The van der Waals surface area contributed by atoms with Crippen LogP contribution in [0.1, 0.15) is 42.9 Å². The summed E-state index contributed by atoms with van der Waals surface area (Å²) in [6, 6.07) is 14.0. The molecule has 1 fully saturated rings. The highest BCUT2D eigenvalue weighted by atomic mass is 19.1. The van der Waals surface area contributed by atoms with Crippen LogP contribution < -0.4 is 4.74 Å². The highest BCUT2D eigenvalue weighted by molar-refractivity contribution is 5.83. The quantitative estimate of drug-likeness (QED) is 0.432. The van der Waals surface area contributed by atoms with Crippen molar-refractivity contribution in [1.82, 2.24) is 9.88 Å². The molecule has 3 aromatic rings. The van der Waals surface area contributed by atoms with Crippen LogP contribution in [0, 0.1) is 17.7 Å². The fourth-order valence-corrected chi connectivity index (χ4v) is 5.19. The third kappa shape index (κ3) is 6.35. The summed E-state index contributed by atoms with van der Waals surface area (Å²) >= 11 is 0. The van der Waals surface area contributed by atoms with Gasteiger partial charge in [-0.1, -0.05) is 12.1 Å². The average Bonchev–Trinajstić information content (AvgIpc) is 2.87. The molecule has 0 aliphatic carbocycles. The van der Waals surface area contributed by atoms with Crippen molar-refractivity contribution in [1.29, 1.82) is 0 Å². The zero-order valence-electron chi connectivity index (χ0n) is 20.1. The van der Waals surface area contributed by atoms with E-state index in [1.54, 1.807) is 25.4 Å². The van der Waals surface area contributed by atoms with Crippen LogP contribution in [0.15, 0.2) is 54.7 Å². The van der Waals surface area contributed by atoms with Crippen molar-refractivity contribution < 1.29 is 24.1 Å². The normalized spacial score (nSPS) is 19.5. The monoisotopic (exact) mass is 480 g/mol. The van der Waals surface area contributed by atoms with Crippen LogP contribution in [0.25, 0.3) is 10.9 Å². The number of fused-ring (bicyclic) bond motifs is 1. The first kappa shape index (κ1) is 25.1. The van der Waals surface area contributed by atoms with Crippen molar-refractivity contribution >= 4 is 16.9 Å². The number of hydrogen-bond acceptors (Lipinski definition) is 5. The molecule has 1 aliphatic rings. The molecule has 0 unspecified atom stereocenters. The number of carbonyl (C=O) groups is 1. The molecule has 3 atom stereocenters. The van der Waals surface area contributed by atoms with Crippen molar-refractivity contribution in [3.05, 3.63) is 71.7 Å². The number of methoxy groups -OCH3 is 1. The molecule has 0 saturated carbocycles. The molecule has 6 nitrogen and oxygen atoms in total. The molecule has 2 N–H and O–H groups in total. The first-order chi connectivity index (χ1) is 16.9. The first-order valence-corrected chi connectivity index (χ1v) is 12.2. The van der Waals surface area contributed by atoms with E-state index in [1.807, 2.05) is 30.3 Å². The van der Waals surface area contributed by atoms with E-state index in [1.165, 1.54) is 6.07 Å². The summed E-state index contributed by atoms with van der Waals surface area (Å²) in [4.78, 5) is 18.6. The number of rotatable bonds is 10. The number of pyridine rings is 1. The number of ether oxygens (including phenoxy) is 1. The van der Waals surface area contributed by atoms with Crippen LogP contribution in [0.2, 0.25) is 0 Å². The second-order valence-electron chi connectivity index (χ2n) is 9.40. The molecule has 7 heteroatoms. The van der Waals surface area contributed by atoms with Gasteiger partial charge in [-0.15, -0.1) is 0 Å². The SMILES string of the molecule is COc1ccc2nccc([C@H](O)CC[C@@H]3CCN(CCCc4cccc(F)c4)C[C@@H]3C(=O)O)c2c1. The van der Waals surface area contributed by atoms with Gasteiger partial charge in [0.15, 0.2) is 0 Å². The number of benzene rings is 2. The maximum Gasteiger partial charge on any atom is 0.308 e. The summed E-state index contributed by atoms with van der Waals surface area (Å²) in [6.45, 7) is 2.14. The van der Waals surface area contributed by atoms with Crippen LogP contribution in [-0.4, -0.2) is 52.8 Å². The number of halogens is 1. The highest BCUT2D eigenvalue weighted by Gasteiger charge is 2.34. The molecule has 0 spiro atoms. The number of aliphatic carboxylic acids is 1. The minimum Gasteiger partial charge on any atom is -0.497 e. The molecule has 4 rings (SSSR count). The fourth-order valence-electron chi connectivity index (χ4n) is 5.19.